The molecule has 5 N–H and O–H groups in total. The molecule has 8 heteroatoms. The molecule has 0 saturated carbocycles. The Hall–Kier alpha value is -1.58. The Morgan fingerprint density at radius 2 is 1.21 bits per heavy atom. The molecule has 0 bridgehead atoms. The van der Waals surface area contributed by atoms with Crippen LogP contribution in [0.25, 0.3) is 0 Å². The number of allylic oxidation sites excluding steroid dienone is 4. The lowest BCUT2D eigenvalue weighted by Crippen LogP contribution is -2.60. The normalized spacial score (nSPS) is 25.7. The third-order valence-corrected chi connectivity index (χ3v) is 4.05. The second kappa shape index (κ2) is 8.50. The van der Waals surface area contributed by atoms with Crippen molar-refractivity contribution in [2.24, 2.45) is 5.92 Å². The van der Waals surface area contributed by atoms with Gasteiger partial charge in [0.25, 0.3) is 0 Å². The van der Waals surface area contributed by atoms with Crippen LogP contribution >= 0.6 is 0 Å². The summed E-state index contributed by atoms with van der Waals surface area (Å²) in [7, 11) is -2.17. The summed E-state index contributed by atoms with van der Waals surface area (Å²) in [4.78, 5) is 0. The second-order valence-corrected chi connectivity index (χ2v) is 6.21. The van der Waals surface area contributed by atoms with Crippen molar-refractivity contribution in [3.05, 3.63) is 49.0 Å². The van der Waals surface area contributed by atoms with E-state index in [1.165, 1.54) is 0 Å². The largest absolute Gasteiger partial charge is 0.631 e. The van der Waals surface area contributed by atoms with Crippen LogP contribution in [-0.4, -0.2) is 56.0 Å². The van der Waals surface area contributed by atoms with Gasteiger partial charge in [0.15, 0.2) is 0 Å². The predicted molar refractivity (Wildman–Crippen MR) is 89.1 cm³/mol. The van der Waals surface area contributed by atoms with Crippen LogP contribution in [0.1, 0.15) is 20.8 Å². The van der Waals surface area contributed by atoms with E-state index in [0.717, 1.165) is 0 Å². The van der Waals surface area contributed by atoms with Crippen molar-refractivity contribution in [3.8, 4) is 0 Å². The van der Waals surface area contributed by atoms with Crippen LogP contribution in [0.5, 0.6) is 0 Å². The molecule has 0 aromatic rings. The first kappa shape index (κ1) is 20.5. The monoisotopic (exact) mass is 340 g/mol. The first-order valence-electron chi connectivity index (χ1n) is 7.54. The van der Waals surface area contributed by atoms with Crippen molar-refractivity contribution in [2.45, 2.75) is 44.2 Å². The average molecular weight is 340 g/mol. The molecule has 3 atom stereocenters. The number of hydrogen-bond acceptors (Lipinski definition) is 7. The maximum atomic E-state index is 10.9. The van der Waals surface area contributed by atoms with Gasteiger partial charge in [-0.15, -0.1) is 0 Å². The van der Waals surface area contributed by atoms with Crippen LogP contribution in [0.4, 0.5) is 0 Å². The molecule has 2 rings (SSSR count). The highest BCUT2D eigenvalue weighted by molar-refractivity contribution is 6.30. The van der Waals surface area contributed by atoms with E-state index in [1.807, 2.05) is 24.3 Å². The predicted octanol–water partition coefficient (Wildman–Crippen LogP) is 0.0101. The molecular formula is C16H25BO7. The lowest BCUT2D eigenvalue weighted by molar-refractivity contribution is -0.187. The van der Waals surface area contributed by atoms with Crippen molar-refractivity contribution in [3.63, 3.8) is 0 Å². The first-order chi connectivity index (χ1) is 11.1. The van der Waals surface area contributed by atoms with E-state index < -0.39 is 24.4 Å². The van der Waals surface area contributed by atoms with Crippen LogP contribution in [0, 0.1) is 5.92 Å². The zero-order valence-electron chi connectivity index (χ0n) is 14.0. The van der Waals surface area contributed by atoms with Crippen molar-refractivity contribution in [1.29, 1.82) is 0 Å². The first-order valence-corrected chi connectivity index (χ1v) is 7.54. The molecule has 7 nitrogen and oxygen atoms in total. The van der Waals surface area contributed by atoms with E-state index in [0.29, 0.717) is 0 Å². The zero-order chi connectivity index (χ0) is 18.4. The van der Waals surface area contributed by atoms with Gasteiger partial charge in [0.05, 0.1) is 24.0 Å². The summed E-state index contributed by atoms with van der Waals surface area (Å²) in [5.74, 6) is -0.454. The van der Waals surface area contributed by atoms with E-state index in [2.05, 4.69) is 0 Å². The third-order valence-electron chi connectivity index (χ3n) is 4.05. The molecule has 2 heterocycles. The molecule has 0 aromatic heterocycles. The van der Waals surface area contributed by atoms with Gasteiger partial charge in [-0.2, -0.15) is 0 Å². The van der Waals surface area contributed by atoms with Gasteiger partial charge in [0, 0.05) is 0 Å². The van der Waals surface area contributed by atoms with E-state index in [1.54, 1.807) is 45.4 Å². The van der Waals surface area contributed by atoms with Gasteiger partial charge in [-0.1, -0.05) is 12.2 Å². The van der Waals surface area contributed by atoms with E-state index >= 15 is 0 Å². The molecule has 0 spiro atoms. The van der Waals surface area contributed by atoms with Crippen molar-refractivity contribution in [1.82, 2.24) is 0 Å². The number of aliphatic hydroxyl groups is 2. The Bertz CT molecular complexity index is 470. The fourth-order valence-corrected chi connectivity index (χ4v) is 2.44. The summed E-state index contributed by atoms with van der Waals surface area (Å²) in [6.45, 7) is 4.79. The Labute approximate surface area is 142 Å². The summed E-state index contributed by atoms with van der Waals surface area (Å²) in [5, 5.41) is 42.7. The molecule has 0 aliphatic carbocycles. The van der Waals surface area contributed by atoms with Gasteiger partial charge in [0.1, 0.15) is 17.8 Å². The second-order valence-electron chi connectivity index (χ2n) is 6.21. The minimum absolute atomic E-state index is 0.373. The lowest BCUT2D eigenvalue weighted by Gasteiger charge is -2.46. The summed E-state index contributed by atoms with van der Waals surface area (Å²) in [6, 6.07) is 0. The third kappa shape index (κ3) is 5.50. The standard InChI is InChI=1S/C16H22O4.BH3O3/c1-15(2,17)16(3,18)14(12-8-4-6-10-19-12)13-9-5-7-11-20-13;2-1(3)4/h4-14,17-18H,1-3H3;2-4H. The minimum Gasteiger partial charge on any atom is -0.493 e. The van der Waals surface area contributed by atoms with Gasteiger partial charge >= 0.3 is 7.32 Å². The molecule has 0 radical (unpaired) electrons. The van der Waals surface area contributed by atoms with Crippen LogP contribution < -0.4 is 0 Å². The maximum absolute atomic E-state index is 10.9. The van der Waals surface area contributed by atoms with Gasteiger partial charge < -0.3 is 34.8 Å². The Kier molecular flexibility index (Phi) is 7.25. The van der Waals surface area contributed by atoms with Gasteiger partial charge in [-0.05, 0) is 45.1 Å². The highest BCUT2D eigenvalue weighted by atomic mass is 16.5. The van der Waals surface area contributed by atoms with E-state index in [9.17, 15) is 10.2 Å². The van der Waals surface area contributed by atoms with E-state index in [-0.39, 0.29) is 12.2 Å². The van der Waals surface area contributed by atoms with Crippen LogP contribution in [0.2, 0.25) is 0 Å². The van der Waals surface area contributed by atoms with Gasteiger partial charge in [0.2, 0.25) is 0 Å². The highest BCUT2D eigenvalue weighted by Gasteiger charge is 2.51. The smallest absolute Gasteiger partial charge is 0.493 e. The molecule has 2 aliphatic rings. The lowest BCUT2D eigenvalue weighted by atomic mass is 9.71. The highest BCUT2D eigenvalue weighted by Crippen LogP contribution is 2.38. The quantitative estimate of drug-likeness (QED) is 0.457. The molecule has 134 valence electrons. The van der Waals surface area contributed by atoms with Crippen LogP contribution in [-0.2, 0) is 9.47 Å². The van der Waals surface area contributed by atoms with Crippen LogP contribution in [0.3, 0.4) is 0 Å². The Balaban J connectivity index is 0.000000648. The van der Waals surface area contributed by atoms with Crippen molar-refractivity contribution in [2.75, 3.05) is 0 Å². The number of rotatable bonds is 4. The fourth-order valence-electron chi connectivity index (χ4n) is 2.44. The molecule has 24 heavy (non-hydrogen) atoms. The number of ether oxygens (including phenoxy) is 2. The molecule has 2 aliphatic heterocycles. The average Bonchev–Trinajstić information content (AvgIpc) is 2.47. The Morgan fingerprint density at radius 1 is 0.833 bits per heavy atom. The molecule has 0 fully saturated rings. The molecule has 3 unspecified atom stereocenters. The molecule has 0 amide bonds. The van der Waals surface area contributed by atoms with Crippen molar-refractivity contribution >= 4 is 7.32 Å². The van der Waals surface area contributed by atoms with E-state index in [4.69, 9.17) is 24.5 Å². The fraction of sp³-hybridized carbons (Fsp3) is 0.500. The zero-order valence-corrected chi connectivity index (χ0v) is 14.0. The number of hydrogen-bond donors (Lipinski definition) is 5. The molecule has 0 aromatic carbocycles. The maximum Gasteiger partial charge on any atom is 0.631 e. The Morgan fingerprint density at radius 3 is 1.46 bits per heavy atom. The summed E-state index contributed by atoms with van der Waals surface area (Å²) in [5.41, 5.74) is -2.69. The summed E-state index contributed by atoms with van der Waals surface area (Å²) in [6.07, 6.45) is 13.4. The molecular weight excluding hydrogens is 315 g/mol. The topological polar surface area (TPSA) is 120 Å². The summed E-state index contributed by atoms with van der Waals surface area (Å²) >= 11 is 0. The molecule has 0 saturated heterocycles. The van der Waals surface area contributed by atoms with Gasteiger partial charge in [-0.3, -0.25) is 0 Å². The minimum atomic E-state index is -2.17. The summed E-state index contributed by atoms with van der Waals surface area (Å²) < 4.78 is 11.2. The van der Waals surface area contributed by atoms with Crippen LogP contribution in [0.15, 0.2) is 49.0 Å². The van der Waals surface area contributed by atoms with Gasteiger partial charge in [-0.25, -0.2) is 0 Å². The van der Waals surface area contributed by atoms with Crippen molar-refractivity contribution < 1.29 is 34.8 Å². The SMILES string of the molecule is CC(C)(O)C(C)(O)C(C1C=CC=CO1)C1C=CC=CO1.OB(O)O.